The molecule has 1 atom stereocenters. The second-order valence-corrected chi connectivity index (χ2v) is 5.83. The van der Waals surface area contributed by atoms with Crippen molar-refractivity contribution in [2.75, 3.05) is 19.6 Å². The molecule has 0 bridgehead atoms. The molecule has 0 unspecified atom stereocenters. The van der Waals surface area contributed by atoms with E-state index in [0.29, 0.717) is 12.2 Å². The molecule has 1 aliphatic heterocycles. The highest BCUT2D eigenvalue weighted by molar-refractivity contribution is 5.93. The van der Waals surface area contributed by atoms with Crippen molar-refractivity contribution >= 4 is 5.91 Å². The van der Waals surface area contributed by atoms with Gasteiger partial charge in [0.15, 0.2) is 5.69 Å². The molecule has 2 heterocycles. The molecule has 116 valence electrons. The van der Waals surface area contributed by atoms with Crippen LogP contribution in [0.4, 0.5) is 0 Å². The van der Waals surface area contributed by atoms with Gasteiger partial charge in [-0.3, -0.25) is 4.79 Å². The Morgan fingerprint density at radius 2 is 2.18 bits per heavy atom. The van der Waals surface area contributed by atoms with Gasteiger partial charge in [-0.1, -0.05) is 17.3 Å². The molecule has 6 heteroatoms. The van der Waals surface area contributed by atoms with Crippen LogP contribution < -0.4 is 5.32 Å². The molecular formula is C16H21N5O. The second kappa shape index (κ2) is 5.88. The fourth-order valence-electron chi connectivity index (χ4n) is 2.81. The summed E-state index contributed by atoms with van der Waals surface area (Å²) in [6.45, 7) is 8.31. The lowest BCUT2D eigenvalue weighted by molar-refractivity contribution is 0.0649. The van der Waals surface area contributed by atoms with Crippen molar-refractivity contribution in [1.82, 2.24) is 25.2 Å². The van der Waals surface area contributed by atoms with Crippen molar-refractivity contribution in [3.8, 4) is 5.69 Å². The van der Waals surface area contributed by atoms with Crippen LogP contribution in [0.25, 0.3) is 5.69 Å². The van der Waals surface area contributed by atoms with E-state index in [9.17, 15) is 4.79 Å². The summed E-state index contributed by atoms with van der Waals surface area (Å²) in [4.78, 5) is 14.6. The summed E-state index contributed by atoms with van der Waals surface area (Å²) in [5.74, 6) is -0.0367. The lowest BCUT2D eigenvalue weighted by Gasteiger charge is -2.33. The first-order valence-corrected chi connectivity index (χ1v) is 7.59. The molecule has 1 amide bonds. The van der Waals surface area contributed by atoms with E-state index in [1.807, 2.05) is 49.9 Å². The highest BCUT2D eigenvalue weighted by Gasteiger charge is 2.28. The van der Waals surface area contributed by atoms with Gasteiger partial charge in [0.05, 0.1) is 11.4 Å². The fourth-order valence-corrected chi connectivity index (χ4v) is 2.81. The van der Waals surface area contributed by atoms with Crippen molar-refractivity contribution in [2.24, 2.45) is 0 Å². The van der Waals surface area contributed by atoms with Gasteiger partial charge in [-0.2, -0.15) is 0 Å². The normalized spacial score (nSPS) is 18.5. The van der Waals surface area contributed by atoms with E-state index in [4.69, 9.17) is 0 Å². The van der Waals surface area contributed by atoms with Crippen LogP contribution >= 0.6 is 0 Å². The van der Waals surface area contributed by atoms with E-state index in [2.05, 4.69) is 15.6 Å². The number of nitrogens with zero attached hydrogens (tertiary/aromatic N) is 4. The van der Waals surface area contributed by atoms with Gasteiger partial charge in [0, 0.05) is 25.7 Å². The molecule has 22 heavy (non-hydrogen) atoms. The molecule has 1 N–H and O–H groups in total. The zero-order valence-electron chi connectivity index (χ0n) is 13.2. The number of carbonyl (C=O) groups excluding carboxylic acids is 1. The highest BCUT2D eigenvalue weighted by Crippen LogP contribution is 2.16. The quantitative estimate of drug-likeness (QED) is 0.908. The summed E-state index contributed by atoms with van der Waals surface area (Å²) in [5.41, 5.74) is 3.30. The molecule has 0 spiro atoms. The number of aryl methyl sites for hydroxylation is 1. The fraction of sp³-hybridized carbons (Fsp3) is 0.438. The average Bonchev–Trinajstić information content (AvgIpc) is 2.89. The predicted octanol–water partition coefficient (Wildman–Crippen LogP) is 1.32. The molecule has 2 aromatic rings. The van der Waals surface area contributed by atoms with E-state index < -0.39 is 0 Å². The van der Waals surface area contributed by atoms with E-state index in [0.717, 1.165) is 30.0 Å². The zero-order valence-corrected chi connectivity index (χ0v) is 13.2. The van der Waals surface area contributed by atoms with Gasteiger partial charge in [0.25, 0.3) is 5.91 Å². The Morgan fingerprint density at radius 3 is 2.91 bits per heavy atom. The highest BCUT2D eigenvalue weighted by atomic mass is 16.2. The number of hydrogen-bond donors (Lipinski definition) is 1. The molecule has 6 nitrogen and oxygen atoms in total. The van der Waals surface area contributed by atoms with Crippen LogP contribution in [0.3, 0.4) is 0 Å². The first-order chi connectivity index (χ1) is 10.6. The number of benzene rings is 1. The van der Waals surface area contributed by atoms with Crippen molar-refractivity contribution < 1.29 is 4.79 Å². The van der Waals surface area contributed by atoms with Crippen LogP contribution in [0.5, 0.6) is 0 Å². The Morgan fingerprint density at radius 1 is 1.36 bits per heavy atom. The number of nitrogens with one attached hydrogen (secondary N) is 1. The molecule has 1 saturated heterocycles. The van der Waals surface area contributed by atoms with Crippen molar-refractivity contribution in [3.63, 3.8) is 0 Å². The van der Waals surface area contributed by atoms with Gasteiger partial charge in [-0.05, 0) is 38.5 Å². The summed E-state index contributed by atoms with van der Waals surface area (Å²) in [6.07, 6.45) is 0. The van der Waals surface area contributed by atoms with Crippen LogP contribution in [0, 0.1) is 13.8 Å². The van der Waals surface area contributed by atoms with Crippen LogP contribution in [-0.4, -0.2) is 51.5 Å². The summed E-state index contributed by atoms with van der Waals surface area (Å²) < 4.78 is 1.73. The monoisotopic (exact) mass is 299 g/mol. The van der Waals surface area contributed by atoms with E-state index in [1.54, 1.807) is 4.68 Å². The minimum Gasteiger partial charge on any atom is -0.332 e. The van der Waals surface area contributed by atoms with Crippen LogP contribution in [0.2, 0.25) is 0 Å². The van der Waals surface area contributed by atoms with Crippen LogP contribution in [0.1, 0.15) is 28.7 Å². The molecule has 0 radical (unpaired) electrons. The molecule has 1 aromatic carbocycles. The van der Waals surface area contributed by atoms with E-state index in [-0.39, 0.29) is 11.9 Å². The number of carbonyl (C=O) groups is 1. The Balaban J connectivity index is 1.91. The Hall–Kier alpha value is -2.21. The largest absolute Gasteiger partial charge is 0.332 e. The molecule has 0 saturated carbocycles. The predicted molar refractivity (Wildman–Crippen MR) is 84.2 cm³/mol. The summed E-state index contributed by atoms with van der Waals surface area (Å²) >= 11 is 0. The second-order valence-electron chi connectivity index (χ2n) is 5.83. The zero-order chi connectivity index (χ0) is 15.7. The first-order valence-electron chi connectivity index (χ1n) is 7.59. The Bertz CT molecular complexity index is 694. The van der Waals surface area contributed by atoms with Gasteiger partial charge in [-0.15, -0.1) is 5.10 Å². The smallest absolute Gasteiger partial charge is 0.276 e. The maximum atomic E-state index is 12.7. The van der Waals surface area contributed by atoms with Gasteiger partial charge in [0.2, 0.25) is 0 Å². The van der Waals surface area contributed by atoms with Crippen LogP contribution in [0.15, 0.2) is 24.3 Å². The van der Waals surface area contributed by atoms with Gasteiger partial charge >= 0.3 is 0 Å². The topological polar surface area (TPSA) is 63.1 Å². The van der Waals surface area contributed by atoms with E-state index in [1.165, 1.54) is 0 Å². The van der Waals surface area contributed by atoms with Gasteiger partial charge in [0.1, 0.15) is 0 Å². The SMILES string of the molecule is Cc1cccc(-n2nnc(C(=O)N3CCNC[C@@H]3C)c2C)c1. The lowest BCUT2D eigenvalue weighted by Crippen LogP contribution is -2.52. The minimum absolute atomic E-state index is 0.0367. The molecular weight excluding hydrogens is 278 g/mol. The van der Waals surface area contributed by atoms with Gasteiger partial charge < -0.3 is 10.2 Å². The number of amides is 1. The number of hydrogen-bond acceptors (Lipinski definition) is 4. The van der Waals surface area contributed by atoms with Crippen molar-refractivity contribution in [3.05, 3.63) is 41.2 Å². The standard InChI is InChI=1S/C16H21N5O/c1-11-5-4-6-14(9-11)21-13(3)15(18-19-21)16(22)20-8-7-17-10-12(20)2/h4-6,9,12,17H,7-8,10H2,1-3H3/t12-/m0/s1. The maximum absolute atomic E-state index is 12.7. The molecule has 0 aliphatic carbocycles. The van der Waals surface area contributed by atoms with Crippen molar-refractivity contribution in [1.29, 1.82) is 0 Å². The third-order valence-corrected chi connectivity index (χ3v) is 4.11. The van der Waals surface area contributed by atoms with Gasteiger partial charge in [-0.25, -0.2) is 4.68 Å². The Kier molecular flexibility index (Phi) is 3.94. The van der Waals surface area contributed by atoms with E-state index >= 15 is 0 Å². The molecule has 1 aliphatic rings. The average molecular weight is 299 g/mol. The number of piperazine rings is 1. The third kappa shape index (κ3) is 2.62. The molecule has 3 rings (SSSR count). The number of rotatable bonds is 2. The molecule has 1 aromatic heterocycles. The first kappa shape index (κ1) is 14.7. The third-order valence-electron chi connectivity index (χ3n) is 4.11. The lowest BCUT2D eigenvalue weighted by atomic mass is 10.2. The minimum atomic E-state index is -0.0367. The maximum Gasteiger partial charge on any atom is 0.276 e. The summed E-state index contributed by atoms with van der Waals surface area (Å²) in [6, 6.07) is 8.18. The Labute approximate surface area is 130 Å². The summed E-state index contributed by atoms with van der Waals surface area (Å²) in [7, 11) is 0. The van der Waals surface area contributed by atoms with Crippen LogP contribution in [-0.2, 0) is 0 Å². The molecule has 1 fully saturated rings. The summed E-state index contributed by atoms with van der Waals surface area (Å²) in [5, 5.41) is 11.6. The number of aromatic nitrogens is 3. The van der Waals surface area contributed by atoms with Crippen molar-refractivity contribution in [2.45, 2.75) is 26.8 Å².